The summed E-state index contributed by atoms with van der Waals surface area (Å²) in [5.74, 6) is -1.62. The SMILES string of the molecule is Cc1ccc(CNCc2ccc(F)c(F)c2)c(Br)c1. The molecule has 0 aliphatic heterocycles. The number of halogens is 3. The fraction of sp³-hybridized carbons (Fsp3) is 0.200. The van der Waals surface area contributed by atoms with Gasteiger partial charge in [0.15, 0.2) is 11.6 Å². The highest BCUT2D eigenvalue weighted by atomic mass is 79.9. The Bertz CT molecular complexity index is 584. The van der Waals surface area contributed by atoms with Gasteiger partial charge in [0.2, 0.25) is 0 Å². The van der Waals surface area contributed by atoms with Gasteiger partial charge in [0, 0.05) is 17.6 Å². The molecular formula is C15H14BrF2N. The molecule has 19 heavy (non-hydrogen) atoms. The van der Waals surface area contributed by atoms with Crippen LogP contribution in [0.5, 0.6) is 0 Å². The van der Waals surface area contributed by atoms with Gasteiger partial charge in [-0.25, -0.2) is 8.78 Å². The van der Waals surface area contributed by atoms with Crippen molar-refractivity contribution in [1.29, 1.82) is 0 Å². The van der Waals surface area contributed by atoms with E-state index in [1.807, 2.05) is 19.1 Å². The summed E-state index contributed by atoms with van der Waals surface area (Å²) in [6.45, 7) is 3.20. The first kappa shape index (κ1) is 14.2. The third-order valence-electron chi connectivity index (χ3n) is 2.84. The monoisotopic (exact) mass is 325 g/mol. The molecule has 0 aromatic heterocycles. The lowest BCUT2D eigenvalue weighted by Gasteiger charge is -2.08. The lowest BCUT2D eigenvalue weighted by molar-refractivity contribution is 0.506. The zero-order chi connectivity index (χ0) is 13.8. The van der Waals surface area contributed by atoms with Crippen molar-refractivity contribution in [2.75, 3.05) is 0 Å². The number of aryl methyl sites for hydroxylation is 1. The molecule has 0 spiro atoms. The van der Waals surface area contributed by atoms with Gasteiger partial charge in [0.1, 0.15) is 0 Å². The van der Waals surface area contributed by atoms with Crippen LogP contribution in [0, 0.1) is 18.6 Å². The Morgan fingerprint density at radius 2 is 1.79 bits per heavy atom. The Labute approximate surface area is 119 Å². The minimum atomic E-state index is -0.815. The summed E-state index contributed by atoms with van der Waals surface area (Å²) in [6.07, 6.45) is 0. The van der Waals surface area contributed by atoms with Crippen molar-refractivity contribution < 1.29 is 8.78 Å². The van der Waals surface area contributed by atoms with Crippen LogP contribution in [0.1, 0.15) is 16.7 Å². The average molecular weight is 326 g/mol. The van der Waals surface area contributed by atoms with Gasteiger partial charge in [-0.1, -0.05) is 34.1 Å². The first-order chi connectivity index (χ1) is 9.06. The van der Waals surface area contributed by atoms with Crippen LogP contribution in [0.3, 0.4) is 0 Å². The molecule has 0 heterocycles. The van der Waals surface area contributed by atoms with E-state index in [4.69, 9.17) is 0 Å². The summed E-state index contributed by atoms with van der Waals surface area (Å²) < 4.78 is 26.8. The van der Waals surface area contributed by atoms with Crippen LogP contribution < -0.4 is 5.32 Å². The maximum atomic E-state index is 13.0. The van der Waals surface area contributed by atoms with Crippen molar-refractivity contribution >= 4 is 15.9 Å². The normalized spacial score (nSPS) is 10.7. The van der Waals surface area contributed by atoms with Gasteiger partial charge in [-0.3, -0.25) is 0 Å². The number of nitrogens with one attached hydrogen (secondary N) is 1. The quantitative estimate of drug-likeness (QED) is 0.882. The molecule has 0 fully saturated rings. The van der Waals surface area contributed by atoms with Crippen molar-refractivity contribution in [3.05, 3.63) is 69.2 Å². The van der Waals surface area contributed by atoms with Crippen LogP contribution >= 0.6 is 15.9 Å². The summed E-state index contributed by atoms with van der Waals surface area (Å²) in [7, 11) is 0. The van der Waals surface area contributed by atoms with Gasteiger partial charge >= 0.3 is 0 Å². The number of hydrogen-bond donors (Lipinski definition) is 1. The molecule has 2 rings (SSSR count). The Morgan fingerprint density at radius 1 is 1.00 bits per heavy atom. The van der Waals surface area contributed by atoms with Gasteiger partial charge in [-0.2, -0.15) is 0 Å². The van der Waals surface area contributed by atoms with E-state index >= 15 is 0 Å². The van der Waals surface area contributed by atoms with Crippen LogP contribution in [-0.2, 0) is 13.1 Å². The summed E-state index contributed by atoms with van der Waals surface area (Å²) in [6, 6.07) is 10.1. The molecule has 1 nitrogen and oxygen atoms in total. The standard InChI is InChI=1S/C15H14BrF2N/c1-10-2-4-12(13(16)6-10)9-19-8-11-3-5-14(17)15(18)7-11/h2-7,19H,8-9H2,1H3. The van der Waals surface area contributed by atoms with Crippen LogP contribution in [0.2, 0.25) is 0 Å². The van der Waals surface area contributed by atoms with Gasteiger partial charge in [-0.15, -0.1) is 0 Å². The molecule has 0 amide bonds. The van der Waals surface area contributed by atoms with Crippen molar-refractivity contribution in [1.82, 2.24) is 5.32 Å². The molecule has 0 bridgehead atoms. The third kappa shape index (κ3) is 3.85. The second-order valence-electron chi connectivity index (χ2n) is 4.45. The highest BCUT2D eigenvalue weighted by molar-refractivity contribution is 9.10. The fourth-order valence-electron chi connectivity index (χ4n) is 1.79. The van der Waals surface area contributed by atoms with E-state index in [2.05, 4.69) is 27.3 Å². The maximum absolute atomic E-state index is 13.0. The molecule has 2 aromatic rings. The molecule has 100 valence electrons. The molecule has 4 heteroatoms. The van der Waals surface area contributed by atoms with Crippen LogP contribution in [-0.4, -0.2) is 0 Å². The van der Waals surface area contributed by atoms with Gasteiger partial charge in [-0.05, 0) is 41.8 Å². The van der Waals surface area contributed by atoms with Crippen molar-refractivity contribution in [3.63, 3.8) is 0 Å². The second-order valence-corrected chi connectivity index (χ2v) is 5.30. The summed E-state index contributed by atoms with van der Waals surface area (Å²) in [4.78, 5) is 0. The van der Waals surface area contributed by atoms with E-state index in [1.54, 1.807) is 6.07 Å². The smallest absolute Gasteiger partial charge is 0.159 e. The summed E-state index contributed by atoms with van der Waals surface area (Å²) >= 11 is 3.51. The predicted octanol–water partition coefficient (Wildman–Crippen LogP) is 4.33. The van der Waals surface area contributed by atoms with E-state index in [0.29, 0.717) is 13.1 Å². The predicted molar refractivity (Wildman–Crippen MR) is 75.8 cm³/mol. The number of hydrogen-bond acceptors (Lipinski definition) is 1. The highest BCUT2D eigenvalue weighted by Crippen LogP contribution is 2.18. The highest BCUT2D eigenvalue weighted by Gasteiger charge is 2.03. The average Bonchev–Trinajstić information content (AvgIpc) is 2.36. The van der Waals surface area contributed by atoms with E-state index < -0.39 is 11.6 Å². The third-order valence-corrected chi connectivity index (χ3v) is 3.58. The van der Waals surface area contributed by atoms with Gasteiger partial charge in [0.25, 0.3) is 0 Å². The lowest BCUT2D eigenvalue weighted by atomic mass is 10.1. The molecule has 0 saturated heterocycles. The Morgan fingerprint density at radius 3 is 2.47 bits per heavy atom. The number of benzene rings is 2. The largest absolute Gasteiger partial charge is 0.309 e. The van der Waals surface area contributed by atoms with Gasteiger partial charge < -0.3 is 5.32 Å². The van der Waals surface area contributed by atoms with Crippen LogP contribution in [0.25, 0.3) is 0 Å². The molecule has 1 N–H and O–H groups in total. The topological polar surface area (TPSA) is 12.0 Å². The van der Waals surface area contributed by atoms with E-state index in [1.165, 1.54) is 11.6 Å². The summed E-state index contributed by atoms with van der Waals surface area (Å²) in [5.41, 5.74) is 3.05. The maximum Gasteiger partial charge on any atom is 0.159 e. The lowest BCUT2D eigenvalue weighted by Crippen LogP contribution is -2.13. The Hall–Kier alpha value is -1.26. The molecule has 0 saturated carbocycles. The van der Waals surface area contributed by atoms with Crippen LogP contribution in [0.15, 0.2) is 40.9 Å². The Kier molecular flexibility index (Phi) is 4.66. The first-order valence-electron chi connectivity index (χ1n) is 5.96. The van der Waals surface area contributed by atoms with E-state index in [0.717, 1.165) is 21.7 Å². The van der Waals surface area contributed by atoms with Crippen molar-refractivity contribution in [2.24, 2.45) is 0 Å². The van der Waals surface area contributed by atoms with E-state index in [9.17, 15) is 8.78 Å². The molecule has 0 atom stereocenters. The zero-order valence-corrected chi connectivity index (χ0v) is 12.1. The minimum Gasteiger partial charge on any atom is -0.309 e. The van der Waals surface area contributed by atoms with Crippen molar-refractivity contribution in [2.45, 2.75) is 20.0 Å². The zero-order valence-electron chi connectivity index (χ0n) is 10.5. The van der Waals surface area contributed by atoms with E-state index in [-0.39, 0.29) is 0 Å². The van der Waals surface area contributed by atoms with Crippen LogP contribution in [0.4, 0.5) is 8.78 Å². The summed E-state index contributed by atoms with van der Waals surface area (Å²) in [5, 5.41) is 3.21. The fourth-order valence-corrected chi connectivity index (χ4v) is 2.42. The Balaban J connectivity index is 1.94. The minimum absolute atomic E-state index is 0.498. The molecule has 0 radical (unpaired) electrons. The second kappa shape index (κ2) is 6.26. The molecule has 0 unspecified atom stereocenters. The molecular weight excluding hydrogens is 312 g/mol. The number of rotatable bonds is 4. The molecule has 0 aliphatic carbocycles. The molecule has 0 aliphatic rings. The molecule has 2 aromatic carbocycles. The van der Waals surface area contributed by atoms with Crippen molar-refractivity contribution in [3.8, 4) is 0 Å². The van der Waals surface area contributed by atoms with Gasteiger partial charge in [0.05, 0.1) is 0 Å². The first-order valence-corrected chi connectivity index (χ1v) is 6.75.